The lowest BCUT2D eigenvalue weighted by molar-refractivity contribution is 0.0695. The summed E-state index contributed by atoms with van der Waals surface area (Å²) in [5.41, 5.74) is 5.20. The zero-order chi connectivity index (χ0) is 24.1. The van der Waals surface area contributed by atoms with Gasteiger partial charge in [0, 0.05) is 18.2 Å². The smallest absolute Gasteiger partial charge is 0.335 e. The van der Waals surface area contributed by atoms with Gasteiger partial charge in [-0.1, -0.05) is 43.7 Å². The van der Waals surface area contributed by atoms with Crippen molar-refractivity contribution in [2.24, 2.45) is 0 Å². The molecule has 0 unspecified atom stereocenters. The Morgan fingerprint density at radius 1 is 1.06 bits per heavy atom. The first kappa shape index (κ1) is 23.2. The van der Waals surface area contributed by atoms with E-state index in [4.69, 9.17) is 4.74 Å². The predicted molar refractivity (Wildman–Crippen MR) is 136 cm³/mol. The normalized spacial score (nSPS) is 10.9. The van der Waals surface area contributed by atoms with Crippen molar-refractivity contribution in [3.05, 3.63) is 83.2 Å². The Balaban J connectivity index is 1.53. The van der Waals surface area contributed by atoms with Crippen molar-refractivity contribution in [3.63, 3.8) is 0 Å². The number of aromatic carboxylic acids is 1. The third-order valence-electron chi connectivity index (χ3n) is 6.12. The van der Waals surface area contributed by atoms with Crippen molar-refractivity contribution in [2.75, 3.05) is 19.0 Å². The highest BCUT2D eigenvalue weighted by molar-refractivity contribution is 5.90. The number of hydrogen-bond donors (Lipinski definition) is 2. The van der Waals surface area contributed by atoms with E-state index in [1.165, 1.54) is 28.2 Å². The monoisotopic (exact) mass is 455 g/mol. The highest BCUT2D eigenvalue weighted by Crippen LogP contribution is 2.31. The number of nitrogens with zero attached hydrogens (tertiary/aromatic N) is 2. The number of nitrogens with one attached hydrogen (secondary N) is 1. The van der Waals surface area contributed by atoms with E-state index in [2.05, 4.69) is 46.5 Å². The summed E-state index contributed by atoms with van der Waals surface area (Å²) in [6, 6.07) is 17.7. The van der Waals surface area contributed by atoms with Crippen molar-refractivity contribution in [2.45, 2.75) is 33.1 Å². The van der Waals surface area contributed by atoms with E-state index in [0.29, 0.717) is 18.5 Å². The number of aryl methyl sites for hydroxylation is 2. The van der Waals surface area contributed by atoms with Crippen molar-refractivity contribution in [1.29, 1.82) is 0 Å². The number of hydrogen-bond acceptors (Lipinski definition) is 5. The average molecular weight is 456 g/mol. The molecular formula is C28H29N3O3. The maximum Gasteiger partial charge on any atom is 0.335 e. The van der Waals surface area contributed by atoms with Gasteiger partial charge in [0.05, 0.1) is 18.4 Å². The lowest BCUT2D eigenvalue weighted by Gasteiger charge is -2.15. The van der Waals surface area contributed by atoms with Crippen LogP contribution in [-0.4, -0.2) is 34.7 Å². The Kier molecular flexibility index (Phi) is 7.07. The van der Waals surface area contributed by atoms with E-state index in [0.717, 1.165) is 41.2 Å². The third kappa shape index (κ3) is 4.86. The minimum Gasteiger partial charge on any atom is -0.496 e. The zero-order valence-electron chi connectivity index (χ0n) is 19.8. The van der Waals surface area contributed by atoms with E-state index >= 15 is 0 Å². The molecule has 1 heterocycles. The molecule has 34 heavy (non-hydrogen) atoms. The summed E-state index contributed by atoms with van der Waals surface area (Å²) >= 11 is 0. The van der Waals surface area contributed by atoms with Crippen molar-refractivity contribution in [3.8, 4) is 17.0 Å². The number of ether oxygens (including phenoxy) is 1. The Morgan fingerprint density at radius 3 is 2.65 bits per heavy atom. The van der Waals surface area contributed by atoms with E-state index in [9.17, 15) is 9.90 Å². The Morgan fingerprint density at radius 2 is 1.88 bits per heavy atom. The van der Waals surface area contributed by atoms with Crippen LogP contribution < -0.4 is 10.1 Å². The SMILES string of the molecule is CCCc1cc(-c2cc(NCCc3c(OC)cc4ccccc4c3C)ncn2)ccc1C(=O)O. The van der Waals surface area contributed by atoms with Gasteiger partial charge in [0.2, 0.25) is 0 Å². The molecule has 174 valence electrons. The highest BCUT2D eigenvalue weighted by Gasteiger charge is 2.13. The molecular weight excluding hydrogens is 426 g/mol. The molecule has 1 aromatic heterocycles. The van der Waals surface area contributed by atoms with Gasteiger partial charge in [-0.15, -0.1) is 0 Å². The second-order valence-electron chi connectivity index (χ2n) is 8.30. The zero-order valence-corrected chi connectivity index (χ0v) is 19.8. The highest BCUT2D eigenvalue weighted by atomic mass is 16.5. The van der Waals surface area contributed by atoms with Gasteiger partial charge in [-0.3, -0.25) is 0 Å². The molecule has 6 heteroatoms. The fourth-order valence-corrected chi connectivity index (χ4v) is 4.40. The fourth-order valence-electron chi connectivity index (χ4n) is 4.40. The number of carbonyl (C=O) groups is 1. The topological polar surface area (TPSA) is 84.3 Å². The Hall–Kier alpha value is -3.93. The number of carboxylic acid groups (broad SMARTS) is 1. The van der Waals surface area contributed by atoms with E-state index in [-0.39, 0.29) is 0 Å². The molecule has 4 rings (SSSR count). The van der Waals surface area contributed by atoms with Crippen LogP contribution in [0.25, 0.3) is 22.0 Å². The average Bonchev–Trinajstić information content (AvgIpc) is 2.85. The molecule has 0 aliphatic heterocycles. The number of rotatable bonds is 9. The van der Waals surface area contributed by atoms with Gasteiger partial charge in [0.25, 0.3) is 0 Å². The van der Waals surface area contributed by atoms with Gasteiger partial charge < -0.3 is 15.2 Å². The first-order valence-electron chi connectivity index (χ1n) is 11.5. The molecule has 0 spiro atoms. The van der Waals surface area contributed by atoms with Crippen LogP contribution in [0.1, 0.15) is 40.4 Å². The second-order valence-corrected chi connectivity index (χ2v) is 8.30. The minimum atomic E-state index is -0.903. The third-order valence-corrected chi connectivity index (χ3v) is 6.12. The summed E-state index contributed by atoms with van der Waals surface area (Å²) in [7, 11) is 1.71. The van der Waals surface area contributed by atoms with Crippen molar-refractivity contribution in [1.82, 2.24) is 9.97 Å². The number of fused-ring (bicyclic) bond motifs is 1. The van der Waals surface area contributed by atoms with Crippen LogP contribution in [0.4, 0.5) is 5.82 Å². The molecule has 2 N–H and O–H groups in total. The van der Waals surface area contributed by atoms with Crippen molar-refractivity contribution < 1.29 is 14.6 Å². The number of benzene rings is 3. The van der Waals surface area contributed by atoms with Gasteiger partial charge in [-0.25, -0.2) is 14.8 Å². The molecule has 0 aliphatic rings. The molecule has 0 saturated carbocycles. The summed E-state index contributed by atoms with van der Waals surface area (Å²) < 4.78 is 5.68. The summed E-state index contributed by atoms with van der Waals surface area (Å²) in [6.45, 7) is 4.86. The van der Waals surface area contributed by atoms with Crippen LogP contribution in [0, 0.1) is 6.92 Å². The molecule has 0 fully saturated rings. The number of carboxylic acids is 1. The fraction of sp³-hybridized carbons (Fsp3) is 0.250. The van der Waals surface area contributed by atoms with Crippen LogP contribution >= 0.6 is 0 Å². The van der Waals surface area contributed by atoms with Crippen LogP contribution in [0.5, 0.6) is 5.75 Å². The molecule has 6 nitrogen and oxygen atoms in total. The Bertz CT molecular complexity index is 1330. The van der Waals surface area contributed by atoms with Crippen LogP contribution in [0.15, 0.2) is 60.9 Å². The second kappa shape index (κ2) is 10.3. The van der Waals surface area contributed by atoms with Crippen LogP contribution in [-0.2, 0) is 12.8 Å². The predicted octanol–water partition coefficient (Wildman–Crippen LogP) is 5.92. The van der Waals surface area contributed by atoms with E-state index < -0.39 is 5.97 Å². The summed E-state index contributed by atoms with van der Waals surface area (Å²) in [6.07, 6.45) is 3.90. The van der Waals surface area contributed by atoms with Gasteiger partial charge in [-0.05, 0) is 65.4 Å². The summed E-state index contributed by atoms with van der Waals surface area (Å²) in [5, 5.41) is 15.3. The Labute approximate surface area is 199 Å². The van der Waals surface area contributed by atoms with Gasteiger partial charge in [0.15, 0.2) is 0 Å². The van der Waals surface area contributed by atoms with Gasteiger partial charge in [-0.2, -0.15) is 0 Å². The van der Waals surface area contributed by atoms with Gasteiger partial charge >= 0.3 is 5.97 Å². The van der Waals surface area contributed by atoms with Crippen LogP contribution in [0.3, 0.4) is 0 Å². The van der Waals surface area contributed by atoms with Gasteiger partial charge in [0.1, 0.15) is 17.9 Å². The molecule has 3 aromatic carbocycles. The van der Waals surface area contributed by atoms with Crippen molar-refractivity contribution >= 4 is 22.6 Å². The quantitative estimate of drug-likeness (QED) is 0.326. The van der Waals surface area contributed by atoms with E-state index in [1.807, 2.05) is 25.1 Å². The molecule has 0 amide bonds. The molecule has 0 aliphatic carbocycles. The number of anilines is 1. The minimum absolute atomic E-state index is 0.345. The first-order chi connectivity index (χ1) is 16.5. The lowest BCUT2D eigenvalue weighted by atomic mass is 9.97. The standard InChI is InChI=1S/C28H29N3O3/c1-4-7-19-14-21(10-11-24(19)28(32)33)25-16-27(31-17-30-25)29-13-12-23-18(2)22-9-6-5-8-20(22)15-26(23)34-3/h5-6,8-11,14-17H,4,7,12-13H2,1-3H3,(H,32,33)(H,29,30,31). The summed E-state index contributed by atoms with van der Waals surface area (Å²) in [4.78, 5) is 20.3. The largest absolute Gasteiger partial charge is 0.496 e. The lowest BCUT2D eigenvalue weighted by Crippen LogP contribution is -2.09. The molecule has 0 saturated heterocycles. The summed E-state index contributed by atoms with van der Waals surface area (Å²) in [5.74, 6) is 0.713. The maximum atomic E-state index is 11.5. The maximum absolute atomic E-state index is 11.5. The van der Waals surface area contributed by atoms with Crippen LogP contribution in [0.2, 0.25) is 0 Å². The number of aromatic nitrogens is 2. The molecule has 0 atom stereocenters. The molecule has 0 bridgehead atoms. The molecule has 0 radical (unpaired) electrons. The van der Waals surface area contributed by atoms with E-state index in [1.54, 1.807) is 19.2 Å². The number of methoxy groups -OCH3 is 1. The molecule has 4 aromatic rings. The first-order valence-corrected chi connectivity index (χ1v) is 11.5.